The molecule has 31 heavy (non-hydrogen) atoms. The molecule has 2 aromatic carbocycles. The summed E-state index contributed by atoms with van der Waals surface area (Å²) < 4.78 is 29.7. The van der Waals surface area contributed by atoms with Crippen molar-refractivity contribution >= 4 is 17.2 Å². The second-order valence-corrected chi connectivity index (χ2v) is 7.44. The number of hydrogen-bond donors (Lipinski definition) is 0. The molecule has 0 atom stereocenters. The second-order valence-electron chi connectivity index (χ2n) is 6.49. The maximum Gasteiger partial charge on any atom is 0.254 e. The summed E-state index contributed by atoms with van der Waals surface area (Å²) in [4.78, 5) is 19.0. The molecule has 3 rings (SSSR count). The number of methoxy groups -OCH3 is 2. The largest absolute Gasteiger partial charge is 0.493 e. The van der Waals surface area contributed by atoms with Crippen LogP contribution in [0.2, 0.25) is 0 Å². The van der Waals surface area contributed by atoms with E-state index in [1.165, 1.54) is 35.6 Å². The van der Waals surface area contributed by atoms with E-state index in [2.05, 4.69) is 11.6 Å². The SMILES string of the molecule is C=CCN(Cc1csc(COc2c(OC)cccc2OC)n1)C(=O)c1ccc(F)cc1. The van der Waals surface area contributed by atoms with Gasteiger partial charge in [0.1, 0.15) is 17.4 Å². The molecule has 0 unspecified atom stereocenters. The van der Waals surface area contributed by atoms with Gasteiger partial charge in [0, 0.05) is 17.5 Å². The molecule has 0 bridgehead atoms. The molecule has 3 aromatic rings. The van der Waals surface area contributed by atoms with Crippen molar-refractivity contribution < 1.29 is 23.4 Å². The van der Waals surface area contributed by atoms with E-state index in [1.807, 2.05) is 11.4 Å². The molecule has 0 aliphatic carbocycles. The van der Waals surface area contributed by atoms with Gasteiger partial charge in [-0.2, -0.15) is 0 Å². The predicted octanol–water partition coefficient (Wildman–Crippen LogP) is 4.71. The number of thiazole rings is 1. The van der Waals surface area contributed by atoms with Crippen LogP contribution in [-0.4, -0.2) is 36.6 Å². The Balaban J connectivity index is 1.69. The number of ether oxygens (including phenoxy) is 3. The van der Waals surface area contributed by atoms with Gasteiger partial charge in [0.05, 0.1) is 26.5 Å². The fraction of sp³-hybridized carbons (Fsp3) is 0.217. The Morgan fingerprint density at radius 2 is 1.84 bits per heavy atom. The molecule has 162 valence electrons. The molecule has 0 saturated heterocycles. The number of aromatic nitrogens is 1. The second kappa shape index (κ2) is 10.6. The molecule has 6 nitrogen and oxygen atoms in total. The number of carbonyl (C=O) groups excluding carboxylic acids is 1. The van der Waals surface area contributed by atoms with E-state index < -0.39 is 0 Å². The Kier molecular flexibility index (Phi) is 7.61. The summed E-state index contributed by atoms with van der Waals surface area (Å²) in [6.45, 7) is 4.60. The third kappa shape index (κ3) is 5.61. The Hall–Kier alpha value is -3.39. The van der Waals surface area contributed by atoms with Crippen LogP contribution in [0.25, 0.3) is 0 Å². The molecule has 0 radical (unpaired) electrons. The van der Waals surface area contributed by atoms with E-state index >= 15 is 0 Å². The fourth-order valence-electron chi connectivity index (χ4n) is 2.93. The van der Waals surface area contributed by atoms with Gasteiger partial charge in [-0.1, -0.05) is 12.1 Å². The standard InChI is InChI=1S/C23H23FN2O4S/c1-4-12-26(23(27)16-8-10-17(24)11-9-16)13-18-15-31-21(25-18)14-30-22-19(28-2)6-5-7-20(22)29-3/h4-11,15H,1,12-14H2,2-3H3. The minimum atomic E-state index is -0.386. The summed E-state index contributed by atoms with van der Waals surface area (Å²) in [6, 6.07) is 10.9. The number of nitrogens with zero attached hydrogens (tertiary/aromatic N) is 2. The third-order valence-electron chi connectivity index (χ3n) is 4.40. The minimum Gasteiger partial charge on any atom is -0.493 e. The molecule has 0 spiro atoms. The lowest BCUT2D eigenvalue weighted by Crippen LogP contribution is -2.30. The first-order valence-electron chi connectivity index (χ1n) is 9.48. The van der Waals surface area contributed by atoms with Gasteiger partial charge in [-0.3, -0.25) is 4.79 Å². The molecule has 1 aromatic heterocycles. The lowest BCUT2D eigenvalue weighted by Gasteiger charge is -2.20. The molecule has 0 saturated carbocycles. The topological polar surface area (TPSA) is 60.9 Å². The smallest absolute Gasteiger partial charge is 0.254 e. The van der Waals surface area contributed by atoms with Crippen LogP contribution in [0.1, 0.15) is 21.1 Å². The number of amides is 1. The minimum absolute atomic E-state index is 0.218. The summed E-state index contributed by atoms with van der Waals surface area (Å²) in [6.07, 6.45) is 1.64. The maximum absolute atomic E-state index is 13.2. The first-order chi connectivity index (χ1) is 15.0. The van der Waals surface area contributed by atoms with Crippen LogP contribution in [0.5, 0.6) is 17.2 Å². The fourth-order valence-corrected chi connectivity index (χ4v) is 3.62. The quantitative estimate of drug-likeness (QED) is 0.426. The lowest BCUT2D eigenvalue weighted by atomic mass is 10.2. The van der Waals surface area contributed by atoms with Crippen molar-refractivity contribution in [2.75, 3.05) is 20.8 Å². The summed E-state index contributed by atoms with van der Waals surface area (Å²) in [5, 5.41) is 2.63. The zero-order chi connectivity index (χ0) is 22.2. The number of benzene rings is 2. The first kappa shape index (κ1) is 22.3. The van der Waals surface area contributed by atoms with Crippen LogP contribution < -0.4 is 14.2 Å². The predicted molar refractivity (Wildman–Crippen MR) is 117 cm³/mol. The molecule has 0 aliphatic rings. The number of carbonyl (C=O) groups is 1. The van der Waals surface area contributed by atoms with Crippen molar-refractivity contribution in [1.82, 2.24) is 9.88 Å². The Morgan fingerprint density at radius 3 is 2.45 bits per heavy atom. The highest BCUT2D eigenvalue weighted by atomic mass is 32.1. The highest BCUT2D eigenvalue weighted by Gasteiger charge is 2.17. The molecule has 8 heteroatoms. The van der Waals surface area contributed by atoms with Gasteiger partial charge in [0.25, 0.3) is 5.91 Å². The number of rotatable bonds is 10. The zero-order valence-corrected chi connectivity index (χ0v) is 18.2. The molecule has 1 amide bonds. The van der Waals surface area contributed by atoms with Gasteiger partial charge in [0.2, 0.25) is 5.75 Å². The van der Waals surface area contributed by atoms with Crippen LogP contribution >= 0.6 is 11.3 Å². The van der Waals surface area contributed by atoms with E-state index in [0.717, 1.165) is 10.7 Å². The van der Waals surface area contributed by atoms with Crippen LogP contribution in [0.15, 0.2) is 60.5 Å². The van der Waals surface area contributed by atoms with Crippen molar-refractivity contribution in [3.8, 4) is 17.2 Å². The Morgan fingerprint density at radius 1 is 1.16 bits per heavy atom. The van der Waals surface area contributed by atoms with Crippen molar-refractivity contribution in [2.45, 2.75) is 13.2 Å². The molecule has 1 heterocycles. The average Bonchev–Trinajstić information content (AvgIpc) is 3.24. The van der Waals surface area contributed by atoms with Crippen molar-refractivity contribution in [3.05, 3.63) is 82.6 Å². The van der Waals surface area contributed by atoms with Crippen LogP contribution in [0, 0.1) is 5.82 Å². The van der Waals surface area contributed by atoms with Gasteiger partial charge in [-0.05, 0) is 36.4 Å². The zero-order valence-electron chi connectivity index (χ0n) is 17.3. The van der Waals surface area contributed by atoms with Crippen LogP contribution in [-0.2, 0) is 13.2 Å². The van der Waals surface area contributed by atoms with E-state index in [0.29, 0.717) is 35.9 Å². The monoisotopic (exact) mass is 442 g/mol. The normalized spacial score (nSPS) is 10.4. The van der Waals surface area contributed by atoms with Gasteiger partial charge < -0.3 is 19.1 Å². The number of hydrogen-bond acceptors (Lipinski definition) is 6. The summed E-state index contributed by atoms with van der Waals surface area (Å²) in [7, 11) is 3.13. The van der Waals surface area contributed by atoms with Crippen molar-refractivity contribution in [1.29, 1.82) is 0 Å². The average molecular weight is 443 g/mol. The van der Waals surface area contributed by atoms with E-state index in [1.54, 1.807) is 37.3 Å². The molecule has 0 N–H and O–H groups in total. The summed E-state index contributed by atoms with van der Waals surface area (Å²) >= 11 is 1.43. The molecule has 0 fully saturated rings. The van der Waals surface area contributed by atoms with E-state index in [4.69, 9.17) is 14.2 Å². The Bertz CT molecular complexity index is 1010. The third-order valence-corrected chi connectivity index (χ3v) is 5.27. The highest BCUT2D eigenvalue weighted by Crippen LogP contribution is 2.37. The molecular formula is C23H23FN2O4S. The van der Waals surface area contributed by atoms with E-state index in [9.17, 15) is 9.18 Å². The highest BCUT2D eigenvalue weighted by molar-refractivity contribution is 7.09. The van der Waals surface area contributed by atoms with Crippen LogP contribution in [0.3, 0.4) is 0 Å². The van der Waals surface area contributed by atoms with Crippen molar-refractivity contribution in [2.24, 2.45) is 0 Å². The molecular weight excluding hydrogens is 419 g/mol. The maximum atomic E-state index is 13.2. The van der Waals surface area contributed by atoms with Crippen LogP contribution in [0.4, 0.5) is 4.39 Å². The van der Waals surface area contributed by atoms with Gasteiger partial charge >= 0.3 is 0 Å². The first-order valence-corrected chi connectivity index (χ1v) is 10.4. The van der Waals surface area contributed by atoms with Gasteiger partial charge in [0.15, 0.2) is 11.5 Å². The van der Waals surface area contributed by atoms with Gasteiger partial charge in [-0.15, -0.1) is 17.9 Å². The number of halogens is 1. The summed E-state index contributed by atoms with van der Waals surface area (Å²) in [5.41, 5.74) is 1.14. The lowest BCUT2D eigenvalue weighted by molar-refractivity contribution is 0.0761. The Labute approximate surface area is 184 Å². The van der Waals surface area contributed by atoms with E-state index in [-0.39, 0.29) is 18.3 Å². The number of para-hydroxylation sites is 1. The summed E-state index contributed by atoms with van der Waals surface area (Å²) in [5.74, 6) is 1.03. The molecule has 0 aliphatic heterocycles. The van der Waals surface area contributed by atoms with Crippen molar-refractivity contribution in [3.63, 3.8) is 0 Å². The van der Waals surface area contributed by atoms with Gasteiger partial charge in [-0.25, -0.2) is 9.37 Å².